The maximum Gasteiger partial charge on any atom is 0.148 e. The van der Waals surface area contributed by atoms with Crippen LogP contribution in [0.2, 0.25) is 0 Å². The van der Waals surface area contributed by atoms with Gasteiger partial charge in [0.05, 0.1) is 12.7 Å². The third-order valence-electron chi connectivity index (χ3n) is 5.64. The van der Waals surface area contributed by atoms with Gasteiger partial charge in [0.25, 0.3) is 0 Å². The van der Waals surface area contributed by atoms with E-state index in [0.29, 0.717) is 11.6 Å². The Bertz CT molecular complexity index is 926. The second-order valence-corrected chi connectivity index (χ2v) is 8.17. The Morgan fingerprint density at radius 1 is 1.17 bits per heavy atom. The van der Waals surface area contributed by atoms with Crippen LogP contribution in [0.4, 0.5) is 4.39 Å². The number of benzene rings is 1. The smallest absolute Gasteiger partial charge is 0.148 e. The third kappa shape index (κ3) is 5.14. The lowest BCUT2D eigenvalue weighted by Crippen LogP contribution is -2.37. The van der Waals surface area contributed by atoms with Crippen LogP contribution >= 0.6 is 0 Å². The Labute approximate surface area is 171 Å². The number of halogens is 1. The minimum absolute atomic E-state index is 0.257. The molecule has 0 N–H and O–H groups in total. The Balaban J connectivity index is 1.24. The first-order chi connectivity index (χ1) is 14.1. The zero-order chi connectivity index (χ0) is 20.2. The zero-order valence-corrected chi connectivity index (χ0v) is 17.2. The topological polar surface area (TPSA) is 37.4 Å². The average Bonchev–Trinajstić information content (AvgIpc) is 3.32. The van der Waals surface area contributed by atoms with Gasteiger partial charge in [-0.15, -0.1) is 0 Å². The fourth-order valence-electron chi connectivity index (χ4n) is 4.15. The molecule has 0 amide bonds. The highest BCUT2D eigenvalue weighted by molar-refractivity contribution is 5.32. The number of piperidine rings is 1. The lowest BCUT2D eigenvalue weighted by Gasteiger charge is -2.33. The first-order valence-corrected chi connectivity index (χ1v) is 10.3. The minimum Gasteiger partial charge on any atom is -0.465 e. The summed E-state index contributed by atoms with van der Waals surface area (Å²) in [5, 5.41) is 4.33. The van der Waals surface area contributed by atoms with Crippen molar-refractivity contribution in [2.75, 3.05) is 26.7 Å². The predicted molar refractivity (Wildman–Crippen MR) is 111 cm³/mol. The highest BCUT2D eigenvalue weighted by atomic mass is 19.1. The molecule has 29 heavy (non-hydrogen) atoms. The molecule has 0 unspecified atom stereocenters. The lowest BCUT2D eigenvalue weighted by molar-refractivity contribution is 0.140. The van der Waals surface area contributed by atoms with Gasteiger partial charge in [-0.05, 0) is 70.1 Å². The standard InChI is InChI=1S/C23H29FN4O/c1-18-7-8-21(29-18)17-27-11-9-19(10-12-27)14-26(2)15-20-13-25-28(16-20)23-6-4-3-5-22(23)24/h3-8,13,16,19H,9-12,14-15,17H2,1-2H3. The van der Waals surface area contributed by atoms with Crippen LogP contribution in [0.1, 0.15) is 29.9 Å². The second kappa shape index (κ2) is 8.93. The van der Waals surface area contributed by atoms with E-state index in [-0.39, 0.29) is 5.82 Å². The molecule has 6 heteroatoms. The van der Waals surface area contributed by atoms with Crippen molar-refractivity contribution < 1.29 is 8.81 Å². The van der Waals surface area contributed by atoms with E-state index in [0.717, 1.165) is 49.8 Å². The first-order valence-electron chi connectivity index (χ1n) is 10.3. The van der Waals surface area contributed by atoms with Crippen molar-refractivity contribution in [2.45, 2.75) is 32.9 Å². The van der Waals surface area contributed by atoms with Gasteiger partial charge in [-0.2, -0.15) is 5.10 Å². The van der Waals surface area contributed by atoms with E-state index in [1.54, 1.807) is 16.8 Å². The van der Waals surface area contributed by atoms with Crippen molar-refractivity contribution in [1.29, 1.82) is 0 Å². The van der Waals surface area contributed by atoms with E-state index >= 15 is 0 Å². The SMILES string of the molecule is Cc1ccc(CN2CCC(CN(C)Cc3cnn(-c4ccccc4F)c3)CC2)o1. The summed E-state index contributed by atoms with van der Waals surface area (Å²) in [6.07, 6.45) is 6.16. The summed E-state index contributed by atoms with van der Waals surface area (Å²) in [6.45, 7) is 7.02. The van der Waals surface area contributed by atoms with Crippen LogP contribution in [0.5, 0.6) is 0 Å². The first kappa shape index (κ1) is 19.9. The Hall–Kier alpha value is -2.44. The Morgan fingerprint density at radius 3 is 2.69 bits per heavy atom. The summed E-state index contributed by atoms with van der Waals surface area (Å²) >= 11 is 0. The van der Waals surface area contributed by atoms with Crippen LogP contribution in [0.3, 0.4) is 0 Å². The summed E-state index contributed by atoms with van der Waals surface area (Å²) < 4.78 is 21.3. The van der Waals surface area contributed by atoms with Crippen LogP contribution in [0, 0.1) is 18.7 Å². The number of nitrogens with zero attached hydrogens (tertiary/aromatic N) is 4. The van der Waals surface area contributed by atoms with Gasteiger partial charge in [-0.3, -0.25) is 4.90 Å². The molecule has 3 aromatic rings. The molecule has 2 aromatic heterocycles. The van der Waals surface area contributed by atoms with E-state index in [2.05, 4.69) is 28.0 Å². The molecule has 1 aliphatic heterocycles. The van der Waals surface area contributed by atoms with E-state index in [4.69, 9.17) is 4.42 Å². The van der Waals surface area contributed by atoms with E-state index in [9.17, 15) is 4.39 Å². The van der Waals surface area contributed by atoms with Crippen LogP contribution in [0.25, 0.3) is 5.69 Å². The molecular weight excluding hydrogens is 367 g/mol. The number of hydrogen-bond acceptors (Lipinski definition) is 4. The molecule has 5 nitrogen and oxygen atoms in total. The average molecular weight is 397 g/mol. The van der Waals surface area contributed by atoms with Gasteiger partial charge in [0, 0.05) is 24.8 Å². The van der Waals surface area contributed by atoms with Gasteiger partial charge in [0.1, 0.15) is 23.0 Å². The molecule has 0 radical (unpaired) electrons. The second-order valence-electron chi connectivity index (χ2n) is 8.17. The summed E-state index contributed by atoms with van der Waals surface area (Å²) in [6, 6.07) is 10.8. The normalized spacial score (nSPS) is 16.0. The molecule has 1 saturated heterocycles. The highest BCUT2D eigenvalue weighted by Gasteiger charge is 2.21. The molecule has 154 valence electrons. The van der Waals surface area contributed by atoms with Crippen molar-refractivity contribution in [3.8, 4) is 5.69 Å². The molecule has 0 saturated carbocycles. The van der Waals surface area contributed by atoms with Gasteiger partial charge in [0.15, 0.2) is 0 Å². The summed E-state index contributed by atoms with van der Waals surface area (Å²) in [7, 11) is 2.15. The van der Waals surface area contributed by atoms with Gasteiger partial charge in [-0.25, -0.2) is 9.07 Å². The zero-order valence-electron chi connectivity index (χ0n) is 17.2. The van der Waals surface area contributed by atoms with Crippen molar-refractivity contribution in [3.05, 3.63) is 71.7 Å². The molecule has 1 aromatic carbocycles. The number of furan rings is 1. The maximum absolute atomic E-state index is 13.9. The molecule has 4 rings (SSSR count). The van der Waals surface area contributed by atoms with E-state index in [1.807, 2.05) is 31.5 Å². The van der Waals surface area contributed by atoms with Gasteiger partial charge >= 0.3 is 0 Å². The molecule has 0 atom stereocenters. The third-order valence-corrected chi connectivity index (χ3v) is 5.64. The largest absolute Gasteiger partial charge is 0.465 e. The van der Waals surface area contributed by atoms with Gasteiger partial charge < -0.3 is 9.32 Å². The summed E-state index contributed by atoms with van der Waals surface area (Å²) in [4.78, 5) is 4.83. The fourth-order valence-corrected chi connectivity index (χ4v) is 4.15. The summed E-state index contributed by atoms with van der Waals surface area (Å²) in [5.74, 6) is 2.49. The number of aryl methyl sites for hydroxylation is 1. The minimum atomic E-state index is -0.257. The molecular formula is C23H29FN4O. The molecule has 0 bridgehead atoms. The van der Waals surface area contributed by atoms with Gasteiger partial charge in [-0.1, -0.05) is 12.1 Å². The lowest BCUT2D eigenvalue weighted by atomic mass is 9.96. The van der Waals surface area contributed by atoms with Crippen molar-refractivity contribution in [3.63, 3.8) is 0 Å². The van der Waals surface area contributed by atoms with E-state index < -0.39 is 0 Å². The number of aromatic nitrogens is 2. The van der Waals surface area contributed by atoms with Crippen molar-refractivity contribution in [1.82, 2.24) is 19.6 Å². The number of hydrogen-bond donors (Lipinski definition) is 0. The number of para-hydroxylation sites is 1. The quantitative estimate of drug-likeness (QED) is 0.598. The van der Waals surface area contributed by atoms with E-state index in [1.165, 1.54) is 18.9 Å². The number of rotatable bonds is 7. The molecule has 1 aliphatic rings. The van der Waals surface area contributed by atoms with Crippen LogP contribution in [-0.2, 0) is 13.1 Å². The van der Waals surface area contributed by atoms with Crippen LogP contribution in [0.15, 0.2) is 53.2 Å². The number of likely N-dealkylation sites (tertiary alicyclic amines) is 1. The van der Waals surface area contributed by atoms with Gasteiger partial charge in [0.2, 0.25) is 0 Å². The molecule has 1 fully saturated rings. The highest BCUT2D eigenvalue weighted by Crippen LogP contribution is 2.21. The van der Waals surface area contributed by atoms with Crippen molar-refractivity contribution >= 4 is 0 Å². The van der Waals surface area contributed by atoms with Crippen LogP contribution < -0.4 is 0 Å². The molecule has 0 spiro atoms. The predicted octanol–water partition coefficient (Wildman–Crippen LogP) is 4.26. The van der Waals surface area contributed by atoms with Crippen molar-refractivity contribution in [2.24, 2.45) is 5.92 Å². The molecule has 0 aliphatic carbocycles. The Kier molecular flexibility index (Phi) is 6.11. The van der Waals surface area contributed by atoms with Crippen LogP contribution in [-0.4, -0.2) is 46.3 Å². The maximum atomic E-state index is 13.9. The molecule has 3 heterocycles. The summed E-state index contributed by atoms with van der Waals surface area (Å²) in [5.41, 5.74) is 1.59. The monoisotopic (exact) mass is 396 g/mol. The fraction of sp³-hybridized carbons (Fsp3) is 0.435. The Morgan fingerprint density at radius 2 is 1.97 bits per heavy atom.